The zero-order chi connectivity index (χ0) is 23.3. The Morgan fingerprint density at radius 3 is 2.47 bits per heavy atom. The third-order valence-electron chi connectivity index (χ3n) is 5.37. The van der Waals surface area contributed by atoms with E-state index in [1.54, 1.807) is 24.3 Å². The molecule has 1 aliphatic rings. The van der Waals surface area contributed by atoms with Gasteiger partial charge in [0, 0.05) is 18.1 Å². The van der Waals surface area contributed by atoms with Crippen molar-refractivity contribution in [2.75, 3.05) is 17.6 Å². The number of carbonyl (C=O) groups excluding carboxylic acids is 3. The Morgan fingerprint density at radius 1 is 1.18 bits per heavy atom. The number of aromatic amines is 1. The number of amides is 1. The van der Waals surface area contributed by atoms with Crippen LogP contribution in [0.5, 0.6) is 0 Å². The average molecular weight is 487 g/mol. The Labute approximate surface area is 239 Å². The summed E-state index contributed by atoms with van der Waals surface area (Å²) in [6.45, 7) is 0.667. The zero-order valence-corrected chi connectivity index (χ0v) is 23.2. The molecular weight excluding hydrogens is 464 g/mol. The van der Waals surface area contributed by atoms with E-state index in [-0.39, 0.29) is 88.5 Å². The molecule has 0 aliphatic carbocycles. The van der Waals surface area contributed by atoms with Gasteiger partial charge >= 0.3 is 59.1 Å². The molecule has 0 bridgehead atoms. The fraction of sp³-hybridized carbons (Fsp3) is 0.381. The average Bonchev–Trinajstić information content (AvgIpc) is 2.75. The summed E-state index contributed by atoms with van der Waals surface area (Å²) in [5, 5.41) is 27.0. The molecule has 1 aliphatic heterocycles. The maximum absolute atomic E-state index is 12.3. The number of nitrogens with two attached hydrogens (primary N) is 1. The second-order valence-corrected chi connectivity index (χ2v) is 7.72. The first-order chi connectivity index (χ1) is 15.2. The largest absolute Gasteiger partial charge is 1.00 e. The van der Waals surface area contributed by atoms with Gasteiger partial charge in [-0.3, -0.25) is 14.6 Å². The number of hydrogen-bond donors (Lipinski definition) is 4. The monoisotopic (exact) mass is 487 g/mol. The first-order valence-electron chi connectivity index (χ1n) is 10.2. The van der Waals surface area contributed by atoms with Crippen LogP contribution in [0.25, 0.3) is 0 Å². The van der Waals surface area contributed by atoms with E-state index in [0.717, 1.165) is 18.4 Å². The van der Waals surface area contributed by atoms with Gasteiger partial charge in [-0.1, -0.05) is 12.1 Å². The predicted molar refractivity (Wildman–Crippen MR) is 110 cm³/mol. The fourth-order valence-corrected chi connectivity index (χ4v) is 3.60. The van der Waals surface area contributed by atoms with E-state index in [1.807, 2.05) is 0 Å². The number of aliphatic carboxylic acids is 2. The molecule has 5 N–H and O–H groups in total. The van der Waals surface area contributed by atoms with Gasteiger partial charge in [0.1, 0.15) is 5.82 Å². The first kappa shape index (κ1) is 30.1. The molecule has 170 valence electrons. The number of H-pyrrole nitrogens is 1. The molecule has 0 spiro atoms. The minimum absolute atomic E-state index is 0. The van der Waals surface area contributed by atoms with E-state index in [4.69, 9.17) is 5.73 Å². The summed E-state index contributed by atoms with van der Waals surface area (Å²) in [4.78, 5) is 52.6. The first-order valence-corrected chi connectivity index (χ1v) is 10.2. The predicted octanol–water partition coefficient (Wildman–Crippen LogP) is -8.04. The Balaban J connectivity index is 0.00000289. The Hall–Kier alpha value is -1.89. The summed E-state index contributed by atoms with van der Waals surface area (Å²) >= 11 is 0. The zero-order valence-electron chi connectivity index (χ0n) is 19.2. The van der Waals surface area contributed by atoms with Crippen molar-refractivity contribution in [1.82, 2.24) is 15.3 Å². The molecule has 0 radical (unpaired) electrons. The van der Waals surface area contributed by atoms with Crippen LogP contribution in [0.4, 0.5) is 11.8 Å². The number of anilines is 2. The van der Waals surface area contributed by atoms with Crippen molar-refractivity contribution in [3.63, 3.8) is 0 Å². The summed E-state index contributed by atoms with van der Waals surface area (Å²) in [7, 11) is 0. The van der Waals surface area contributed by atoms with E-state index in [0.29, 0.717) is 24.3 Å². The van der Waals surface area contributed by atoms with Gasteiger partial charge in [-0.2, -0.15) is 4.98 Å². The number of nitrogens with zero attached hydrogens (tertiary/aromatic N) is 1. The molecule has 13 heteroatoms. The van der Waals surface area contributed by atoms with E-state index >= 15 is 0 Å². The van der Waals surface area contributed by atoms with E-state index in [9.17, 15) is 29.4 Å². The normalized spacial score (nSPS) is 14.9. The van der Waals surface area contributed by atoms with E-state index in [2.05, 4.69) is 20.6 Å². The third-order valence-corrected chi connectivity index (χ3v) is 5.37. The second-order valence-electron chi connectivity index (χ2n) is 7.72. The number of nitrogen functional groups attached to an aromatic ring is 1. The number of aromatic nitrogens is 2. The number of aryl methyl sites for hydroxylation is 1. The summed E-state index contributed by atoms with van der Waals surface area (Å²) in [5.41, 5.74) is 7.13. The number of carboxylic acids is 2. The molecule has 0 fully saturated rings. The molecule has 1 aromatic heterocycles. The Kier molecular flexibility index (Phi) is 12.3. The van der Waals surface area contributed by atoms with Gasteiger partial charge in [-0.25, -0.2) is 0 Å². The van der Waals surface area contributed by atoms with Gasteiger partial charge in [0.25, 0.3) is 11.5 Å². The summed E-state index contributed by atoms with van der Waals surface area (Å²) < 4.78 is 0. The van der Waals surface area contributed by atoms with Crippen molar-refractivity contribution in [3.8, 4) is 0 Å². The summed E-state index contributed by atoms with van der Waals surface area (Å²) in [6, 6.07) is 5.25. The maximum Gasteiger partial charge on any atom is 1.00 e. The van der Waals surface area contributed by atoms with Crippen LogP contribution in [-0.4, -0.2) is 40.4 Å². The summed E-state index contributed by atoms with van der Waals surface area (Å²) in [5.74, 6) is -2.78. The number of carbonyl (C=O) groups is 3. The van der Waals surface area contributed by atoms with Crippen LogP contribution < -0.4 is 91.3 Å². The molecule has 1 aromatic carbocycles. The number of rotatable bonds is 9. The number of carboxylic acid groups (broad SMARTS) is 2. The number of fused-ring (bicyclic) bond motifs is 1. The molecule has 34 heavy (non-hydrogen) atoms. The maximum atomic E-state index is 12.3. The molecule has 0 saturated carbocycles. The van der Waals surface area contributed by atoms with Crippen LogP contribution in [0.3, 0.4) is 0 Å². The topological polar surface area (TPSA) is 193 Å². The van der Waals surface area contributed by atoms with Crippen molar-refractivity contribution in [1.29, 1.82) is 0 Å². The van der Waals surface area contributed by atoms with E-state index in [1.165, 1.54) is 0 Å². The van der Waals surface area contributed by atoms with Crippen LogP contribution in [-0.2, 0) is 22.4 Å². The molecule has 0 unspecified atom stereocenters. The molecular formula is C21H23N5Na2O6. The van der Waals surface area contributed by atoms with Gasteiger partial charge in [0.2, 0.25) is 5.95 Å². The molecule has 3 rings (SSSR count). The van der Waals surface area contributed by atoms with Crippen LogP contribution in [0.2, 0.25) is 0 Å². The Bertz CT molecular complexity index is 1080. The third kappa shape index (κ3) is 8.40. The van der Waals surface area contributed by atoms with Crippen molar-refractivity contribution in [2.45, 2.75) is 38.1 Å². The van der Waals surface area contributed by atoms with Crippen molar-refractivity contribution in [3.05, 3.63) is 51.3 Å². The molecule has 2 heterocycles. The molecule has 2 atom stereocenters. The minimum atomic E-state index is -1.56. The van der Waals surface area contributed by atoms with Gasteiger partial charge in [-0.05, 0) is 55.7 Å². The van der Waals surface area contributed by atoms with Gasteiger partial charge < -0.3 is 36.2 Å². The van der Waals surface area contributed by atoms with Gasteiger partial charge in [-0.15, -0.1) is 0 Å². The van der Waals surface area contributed by atoms with Crippen molar-refractivity contribution < 1.29 is 83.7 Å². The molecule has 0 saturated heterocycles. The number of nitrogens with one attached hydrogen (secondary N) is 3. The van der Waals surface area contributed by atoms with Crippen LogP contribution in [0.15, 0.2) is 29.1 Å². The minimum Gasteiger partial charge on any atom is -0.550 e. The SMILES string of the molecule is Nc1nc2c(c(=O)[nH]1)C[C@@H](CCc1ccc(C(=O)N[C@H](CCC(=O)[O-])C(=O)[O-])cc1)CN2.[Na+].[Na+]. The van der Waals surface area contributed by atoms with Crippen LogP contribution >= 0.6 is 0 Å². The van der Waals surface area contributed by atoms with Crippen LogP contribution in [0.1, 0.15) is 40.7 Å². The van der Waals surface area contributed by atoms with E-state index < -0.39 is 30.3 Å². The molecule has 2 aromatic rings. The molecule has 11 nitrogen and oxygen atoms in total. The van der Waals surface area contributed by atoms with Crippen molar-refractivity contribution in [2.24, 2.45) is 5.92 Å². The number of benzene rings is 1. The van der Waals surface area contributed by atoms with Crippen molar-refractivity contribution >= 4 is 29.6 Å². The Morgan fingerprint density at radius 2 is 1.85 bits per heavy atom. The van der Waals surface area contributed by atoms with Gasteiger partial charge in [0.05, 0.1) is 17.6 Å². The standard InChI is InChI=1S/C21H25N5O6.2Na/c22-21-25-17-14(19(30)26-21)9-12(10-23-17)2-1-11-3-5-13(6-4-11)18(29)24-15(20(31)32)7-8-16(27)28;;/h3-6,12,15H,1-2,7-10H2,(H,24,29)(H,27,28)(H,31,32)(H4,22,23,25,26,30);;/q;2*+1/p-2/t12-,15-;;/m1../s1. The fourth-order valence-electron chi connectivity index (χ4n) is 3.60. The van der Waals surface area contributed by atoms with Gasteiger partial charge in [0.15, 0.2) is 0 Å². The quantitative estimate of drug-likeness (QED) is 0.249. The molecule has 1 amide bonds. The second kappa shape index (κ2) is 13.9. The van der Waals surface area contributed by atoms with Crippen LogP contribution in [0, 0.1) is 5.92 Å². The smallest absolute Gasteiger partial charge is 0.550 e. The summed E-state index contributed by atoms with van der Waals surface area (Å²) in [6.07, 6.45) is 1.28. The number of hydrogen-bond acceptors (Lipinski definition) is 9.